The fourth-order valence-electron chi connectivity index (χ4n) is 2.97. The molecule has 0 saturated carbocycles. The minimum Gasteiger partial charge on any atom is -0.493 e. The fraction of sp³-hybridized carbons (Fsp3) is 0.632. The lowest BCUT2D eigenvalue weighted by molar-refractivity contribution is -0.124. The van der Waals surface area contributed by atoms with Crippen molar-refractivity contribution in [2.45, 2.75) is 19.8 Å². The zero-order valence-electron chi connectivity index (χ0n) is 15.5. The molecule has 0 radical (unpaired) electrons. The first-order valence-electron chi connectivity index (χ1n) is 8.92. The second kappa shape index (κ2) is 10.3. The largest absolute Gasteiger partial charge is 0.493 e. The molecule has 1 atom stereocenters. The molecule has 2 rings (SSSR count). The molecule has 0 aliphatic carbocycles. The van der Waals surface area contributed by atoms with Crippen LogP contribution in [0.15, 0.2) is 18.2 Å². The predicted molar refractivity (Wildman–Crippen MR) is 97.3 cm³/mol. The molecule has 140 valence electrons. The van der Waals surface area contributed by atoms with E-state index in [0.717, 1.165) is 44.8 Å². The molecule has 25 heavy (non-hydrogen) atoms. The average Bonchev–Trinajstić information content (AvgIpc) is 2.65. The van der Waals surface area contributed by atoms with Gasteiger partial charge in [0.15, 0.2) is 11.5 Å². The van der Waals surface area contributed by atoms with Crippen LogP contribution in [0.5, 0.6) is 11.5 Å². The van der Waals surface area contributed by atoms with Gasteiger partial charge >= 0.3 is 0 Å². The van der Waals surface area contributed by atoms with Crippen molar-refractivity contribution < 1.29 is 19.0 Å². The fourth-order valence-corrected chi connectivity index (χ4v) is 2.97. The maximum atomic E-state index is 12.3. The summed E-state index contributed by atoms with van der Waals surface area (Å²) in [6.07, 6.45) is 1.64. The Hall–Kier alpha value is -1.79. The number of methoxy groups -OCH3 is 2. The molecule has 1 saturated heterocycles. The van der Waals surface area contributed by atoms with Crippen molar-refractivity contribution >= 4 is 5.91 Å². The molecular formula is C19H30N2O4. The van der Waals surface area contributed by atoms with Gasteiger partial charge in [-0.15, -0.1) is 0 Å². The van der Waals surface area contributed by atoms with Gasteiger partial charge in [0.2, 0.25) is 5.91 Å². The Labute approximate surface area is 150 Å². The second-order valence-electron chi connectivity index (χ2n) is 6.39. The highest BCUT2D eigenvalue weighted by Gasteiger charge is 2.15. The third-order valence-corrected chi connectivity index (χ3v) is 4.49. The van der Waals surface area contributed by atoms with Crippen LogP contribution >= 0.6 is 0 Å². The third kappa shape index (κ3) is 6.21. The number of amides is 1. The maximum absolute atomic E-state index is 12.3. The van der Waals surface area contributed by atoms with Crippen molar-refractivity contribution in [1.82, 2.24) is 10.2 Å². The van der Waals surface area contributed by atoms with Gasteiger partial charge in [-0.25, -0.2) is 0 Å². The van der Waals surface area contributed by atoms with Gasteiger partial charge in [-0.2, -0.15) is 0 Å². The van der Waals surface area contributed by atoms with Crippen LogP contribution in [0.4, 0.5) is 0 Å². The maximum Gasteiger partial charge on any atom is 0.223 e. The molecule has 0 aromatic heterocycles. The Morgan fingerprint density at radius 3 is 2.64 bits per heavy atom. The number of rotatable bonds is 9. The Morgan fingerprint density at radius 2 is 1.96 bits per heavy atom. The molecule has 1 aromatic carbocycles. The van der Waals surface area contributed by atoms with E-state index < -0.39 is 0 Å². The molecule has 1 unspecified atom stereocenters. The van der Waals surface area contributed by atoms with E-state index in [1.807, 2.05) is 25.1 Å². The van der Waals surface area contributed by atoms with Gasteiger partial charge < -0.3 is 19.5 Å². The normalized spacial score (nSPS) is 16.3. The van der Waals surface area contributed by atoms with Crippen molar-refractivity contribution in [2.75, 3.05) is 53.6 Å². The number of carbonyl (C=O) groups excluding carboxylic acids is 1. The number of ether oxygens (including phenoxy) is 3. The summed E-state index contributed by atoms with van der Waals surface area (Å²) in [4.78, 5) is 14.7. The Bertz CT molecular complexity index is 544. The van der Waals surface area contributed by atoms with E-state index in [1.54, 1.807) is 14.2 Å². The molecule has 0 bridgehead atoms. The van der Waals surface area contributed by atoms with Crippen LogP contribution in [0.25, 0.3) is 0 Å². The SMILES string of the molecule is COc1ccc(CC(C)C(=O)NCCCN2CCOCC2)cc1OC. The monoisotopic (exact) mass is 350 g/mol. The first-order chi connectivity index (χ1) is 12.1. The average molecular weight is 350 g/mol. The second-order valence-corrected chi connectivity index (χ2v) is 6.39. The molecule has 1 heterocycles. The summed E-state index contributed by atoms with van der Waals surface area (Å²) in [7, 11) is 3.23. The van der Waals surface area contributed by atoms with E-state index in [1.165, 1.54) is 0 Å². The van der Waals surface area contributed by atoms with Gasteiger partial charge in [0.1, 0.15) is 0 Å². The van der Waals surface area contributed by atoms with Crippen molar-refractivity contribution in [2.24, 2.45) is 5.92 Å². The van der Waals surface area contributed by atoms with Crippen molar-refractivity contribution in [3.63, 3.8) is 0 Å². The number of benzene rings is 1. The summed E-state index contributed by atoms with van der Waals surface area (Å²) in [5, 5.41) is 3.04. The third-order valence-electron chi connectivity index (χ3n) is 4.49. The van der Waals surface area contributed by atoms with E-state index in [-0.39, 0.29) is 11.8 Å². The molecule has 1 fully saturated rings. The Morgan fingerprint density at radius 1 is 1.24 bits per heavy atom. The Balaban J connectivity index is 1.72. The molecule has 1 aliphatic rings. The number of hydrogen-bond donors (Lipinski definition) is 1. The minimum atomic E-state index is -0.0820. The number of morpholine rings is 1. The lowest BCUT2D eigenvalue weighted by Crippen LogP contribution is -2.38. The topological polar surface area (TPSA) is 60.0 Å². The number of hydrogen-bond acceptors (Lipinski definition) is 5. The lowest BCUT2D eigenvalue weighted by atomic mass is 10.00. The quantitative estimate of drug-likeness (QED) is 0.687. The van der Waals surface area contributed by atoms with Gasteiger partial charge in [-0.05, 0) is 37.1 Å². The van der Waals surface area contributed by atoms with Crippen molar-refractivity contribution in [1.29, 1.82) is 0 Å². The van der Waals surface area contributed by atoms with Gasteiger partial charge in [0.25, 0.3) is 0 Å². The molecule has 1 aliphatic heterocycles. The summed E-state index contributed by atoms with van der Waals surface area (Å²) in [5.41, 5.74) is 1.06. The highest BCUT2D eigenvalue weighted by molar-refractivity contribution is 5.78. The molecule has 1 aromatic rings. The van der Waals surface area contributed by atoms with E-state index in [4.69, 9.17) is 14.2 Å². The predicted octanol–water partition coefficient (Wildman–Crippen LogP) is 1.72. The molecule has 1 amide bonds. The van der Waals surface area contributed by atoms with Gasteiger partial charge in [-0.3, -0.25) is 9.69 Å². The van der Waals surface area contributed by atoms with Crippen LogP contribution < -0.4 is 14.8 Å². The van der Waals surface area contributed by atoms with Crippen LogP contribution in [0.1, 0.15) is 18.9 Å². The van der Waals surface area contributed by atoms with E-state index in [0.29, 0.717) is 24.5 Å². The minimum absolute atomic E-state index is 0.0820. The first kappa shape index (κ1) is 19.5. The number of nitrogens with one attached hydrogen (secondary N) is 1. The molecule has 0 spiro atoms. The highest BCUT2D eigenvalue weighted by atomic mass is 16.5. The van der Waals surface area contributed by atoms with Crippen LogP contribution in [0.2, 0.25) is 0 Å². The van der Waals surface area contributed by atoms with Crippen LogP contribution in [0.3, 0.4) is 0 Å². The molecule has 6 nitrogen and oxygen atoms in total. The smallest absolute Gasteiger partial charge is 0.223 e. The summed E-state index contributed by atoms with van der Waals surface area (Å²) in [6, 6.07) is 5.78. The van der Waals surface area contributed by atoms with Gasteiger partial charge in [-0.1, -0.05) is 13.0 Å². The van der Waals surface area contributed by atoms with Crippen molar-refractivity contribution in [3.05, 3.63) is 23.8 Å². The summed E-state index contributed by atoms with van der Waals surface area (Å²) in [5.74, 6) is 1.41. The first-order valence-corrected chi connectivity index (χ1v) is 8.92. The number of nitrogens with zero attached hydrogens (tertiary/aromatic N) is 1. The molecule has 6 heteroatoms. The lowest BCUT2D eigenvalue weighted by Gasteiger charge is -2.26. The molecular weight excluding hydrogens is 320 g/mol. The standard InChI is InChI=1S/C19H30N2O4/c1-15(13-16-5-6-17(23-2)18(14-16)24-3)19(22)20-7-4-8-21-9-11-25-12-10-21/h5-6,14-15H,4,7-13H2,1-3H3,(H,20,22). The van der Waals surface area contributed by atoms with Crippen LogP contribution in [-0.2, 0) is 16.0 Å². The van der Waals surface area contributed by atoms with E-state index in [9.17, 15) is 4.79 Å². The van der Waals surface area contributed by atoms with E-state index >= 15 is 0 Å². The van der Waals surface area contributed by atoms with Gasteiger partial charge in [0.05, 0.1) is 27.4 Å². The number of carbonyl (C=O) groups is 1. The van der Waals surface area contributed by atoms with Crippen molar-refractivity contribution in [3.8, 4) is 11.5 Å². The van der Waals surface area contributed by atoms with Crippen LogP contribution in [0, 0.1) is 5.92 Å². The van der Waals surface area contributed by atoms with Crippen LogP contribution in [-0.4, -0.2) is 64.4 Å². The highest BCUT2D eigenvalue weighted by Crippen LogP contribution is 2.28. The summed E-state index contributed by atoms with van der Waals surface area (Å²) in [6.45, 7) is 7.28. The zero-order valence-corrected chi connectivity index (χ0v) is 15.5. The van der Waals surface area contributed by atoms with E-state index in [2.05, 4.69) is 10.2 Å². The summed E-state index contributed by atoms with van der Waals surface area (Å²) >= 11 is 0. The summed E-state index contributed by atoms with van der Waals surface area (Å²) < 4.78 is 15.9. The van der Waals surface area contributed by atoms with Gasteiger partial charge in [0, 0.05) is 25.6 Å². The Kier molecular flexibility index (Phi) is 8.01. The zero-order chi connectivity index (χ0) is 18.1. The molecule has 1 N–H and O–H groups in total.